The summed E-state index contributed by atoms with van der Waals surface area (Å²) in [6.07, 6.45) is 0. The van der Waals surface area contributed by atoms with Crippen LogP contribution >= 0.6 is 0 Å². The number of carbonyl (C=O) groups excluding carboxylic acids is 1. The second kappa shape index (κ2) is 7.65. The first-order valence-corrected chi connectivity index (χ1v) is 8.28. The first-order valence-electron chi connectivity index (χ1n) is 8.28. The molecule has 2 aromatic carbocycles. The summed E-state index contributed by atoms with van der Waals surface area (Å²) in [7, 11) is 1.40. The summed E-state index contributed by atoms with van der Waals surface area (Å²) in [5.41, 5.74) is 1.83. The quantitative estimate of drug-likeness (QED) is 0.894. The molecule has 1 saturated heterocycles. The van der Waals surface area contributed by atoms with Crippen LogP contribution in [-0.2, 0) is 9.53 Å². The van der Waals surface area contributed by atoms with Crippen LogP contribution in [0.4, 0.5) is 4.39 Å². The largest absolute Gasteiger partial charge is 0.394 e. The first-order chi connectivity index (χ1) is 12.6. The van der Waals surface area contributed by atoms with Crippen molar-refractivity contribution in [3.63, 3.8) is 0 Å². The summed E-state index contributed by atoms with van der Waals surface area (Å²) in [6, 6.07) is 14.5. The van der Waals surface area contributed by atoms with Crippen molar-refractivity contribution in [1.29, 1.82) is 5.26 Å². The number of hydrogen-bond acceptors (Lipinski definition) is 4. The Bertz CT molecular complexity index is 849. The van der Waals surface area contributed by atoms with E-state index in [1.807, 2.05) is 12.1 Å². The number of nitriles is 1. The van der Waals surface area contributed by atoms with Gasteiger partial charge in [0.25, 0.3) is 0 Å². The summed E-state index contributed by atoms with van der Waals surface area (Å²) in [5.74, 6) is -1.11. The van der Waals surface area contributed by atoms with Crippen LogP contribution in [0.2, 0.25) is 0 Å². The predicted molar refractivity (Wildman–Crippen MR) is 93.6 cm³/mol. The molecule has 0 unspecified atom stereocenters. The number of benzene rings is 2. The molecule has 0 saturated carbocycles. The third-order valence-corrected chi connectivity index (χ3v) is 4.77. The lowest BCUT2D eigenvalue weighted by molar-refractivity contribution is -0.150. The molecule has 3 rings (SSSR count). The Hall–Kier alpha value is -2.75. The molecule has 5 nitrogen and oxygen atoms in total. The van der Waals surface area contributed by atoms with E-state index in [0.717, 1.165) is 5.56 Å². The minimum absolute atomic E-state index is 0.156. The smallest absolute Gasteiger partial charge is 0.249 e. The summed E-state index contributed by atoms with van der Waals surface area (Å²) in [4.78, 5) is 13.6. The number of aliphatic hydroxyl groups is 1. The molecule has 6 heteroatoms. The van der Waals surface area contributed by atoms with E-state index in [9.17, 15) is 19.6 Å². The van der Waals surface area contributed by atoms with Crippen LogP contribution in [-0.4, -0.2) is 48.3 Å². The van der Waals surface area contributed by atoms with Crippen molar-refractivity contribution in [2.24, 2.45) is 0 Å². The van der Waals surface area contributed by atoms with Gasteiger partial charge >= 0.3 is 0 Å². The van der Waals surface area contributed by atoms with Gasteiger partial charge < -0.3 is 14.7 Å². The van der Waals surface area contributed by atoms with Gasteiger partial charge in [-0.1, -0.05) is 42.5 Å². The zero-order valence-electron chi connectivity index (χ0n) is 14.3. The summed E-state index contributed by atoms with van der Waals surface area (Å²) in [6.45, 7) is -0.444. The molecule has 1 aliphatic heterocycles. The molecule has 134 valence electrons. The Balaban J connectivity index is 2.03. The number of nitrogens with zero attached hydrogens (tertiary/aromatic N) is 2. The highest BCUT2D eigenvalue weighted by molar-refractivity contribution is 5.81. The molecule has 1 aliphatic rings. The van der Waals surface area contributed by atoms with Gasteiger partial charge in [0.05, 0.1) is 18.7 Å². The Morgan fingerprint density at radius 3 is 2.50 bits per heavy atom. The lowest BCUT2D eigenvalue weighted by Crippen LogP contribution is -2.66. The van der Waals surface area contributed by atoms with E-state index >= 15 is 0 Å². The molecule has 2 aromatic rings. The minimum atomic E-state index is -0.734. The molecule has 1 N–H and O–H groups in total. The zero-order valence-corrected chi connectivity index (χ0v) is 14.3. The van der Waals surface area contributed by atoms with Crippen LogP contribution in [0, 0.1) is 17.1 Å². The SMILES string of the molecule is COCC(=O)N1[C@@H](C#N)[C@@H](c2ccccc2-c2ccccc2F)[C@@H]1CO. The van der Waals surface area contributed by atoms with Gasteiger partial charge in [-0.25, -0.2) is 4.39 Å². The maximum atomic E-state index is 14.3. The maximum Gasteiger partial charge on any atom is 0.249 e. The van der Waals surface area contributed by atoms with Crippen molar-refractivity contribution in [2.75, 3.05) is 20.3 Å². The average Bonchev–Trinajstić information content (AvgIpc) is 2.63. The number of methoxy groups -OCH3 is 1. The Morgan fingerprint density at radius 2 is 1.88 bits per heavy atom. The van der Waals surface area contributed by atoms with Crippen molar-refractivity contribution in [2.45, 2.75) is 18.0 Å². The number of amides is 1. The topological polar surface area (TPSA) is 73.6 Å². The molecule has 1 heterocycles. The Morgan fingerprint density at radius 1 is 1.23 bits per heavy atom. The van der Waals surface area contributed by atoms with Crippen LogP contribution in [0.5, 0.6) is 0 Å². The average molecular weight is 354 g/mol. The van der Waals surface area contributed by atoms with Crippen LogP contribution in [0.15, 0.2) is 48.5 Å². The molecule has 3 atom stereocenters. The molecular weight excluding hydrogens is 335 g/mol. The van der Waals surface area contributed by atoms with Gasteiger partial charge in [-0.2, -0.15) is 5.26 Å². The van der Waals surface area contributed by atoms with Crippen LogP contribution in [0.25, 0.3) is 11.1 Å². The highest BCUT2D eigenvalue weighted by Gasteiger charge is 2.52. The van der Waals surface area contributed by atoms with Crippen molar-refractivity contribution >= 4 is 5.91 Å². The molecule has 26 heavy (non-hydrogen) atoms. The van der Waals surface area contributed by atoms with E-state index in [1.165, 1.54) is 18.1 Å². The van der Waals surface area contributed by atoms with Gasteiger partial charge in [0.2, 0.25) is 5.91 Å². The van der Waals surface area contributed by atoms with E-state index in [0.29, 0.717) is 11.1 Å². The fourth-order valence-corrected chi connectivity index (χ4v) is 3.63. The number of rotatable bonds is 5. The monoisotopic (exact) mass is 354 g/mol. The van der Waals surface area contributed by atoms with Crippen molar-refractivity contribution in [3.05, 3.63) is 59.9 Å². The third kappa shape index (κ3) is 2.96. The number of halogens is 1. The minimum Gasteiger partial charge on any atom is -0.394 e. The fourth-order valence-electron chi connectivity index (χ4n) is 3.63. The number of aliphatic hydroxyl groups excluding tert-OH is 1. The normalized spacial score (nSPS) is 21.8. The van der Waals surface area contributed by atoms with Crippen molar-refractivity contribution < 1.29 is 19.0 Å². The van der Waals surface area contributed by atoms with E-state index in [2.05, 4.69) is 6.07 Å². The van der Waals surface area contributed by atoms with Gasteiger partial charge in [-0.3, -0.25) is 4.79 Å². The number of ether oxygens (including phenoxy) is 1. The van der Waals surface area contributed by atoms with Gasteiger partial charge in [-0.15, -0.1) is 0 Å². The van der Waals surface area contributed by atoms with Gasteiger partial charge in [0.1, 0.15) is 18.5 Å². The Kier molecular flexibility index (Phi) is 5.31. The molecule has 0 aliphatic carbocycles. The summed E-state index contributed by atoms with van der Waals surface area (Å²) < 4.78 is 19.2. The number of likely N-dealkylation sites (tertiary alicyclic amines) is 1. The molecular formula is C20H19FN2O3. The van der Waals surface area contributed by atoms with Gasteiger partial charge in [0.15, 0.2) is 0 Å². The van der Waals surface area contributed by atoms with Crippen molar-refractivity contribution in [3.8, 4) is 17.2 Å². The fraction of sp³-hybridized carbons (Fsp3) is 0.300. The zero-order chi connectivity index (χ0) is 18.7. The molecule has 0 spiro atoms. The van der Waals surface area contributed by atoms with E-state index in [-0.39, 0.29) is 24.9 Å². The van der Waals surface area contributed by atoms with Crippen LogP contribution in [0.3, 0.4) is 0 Å². The predicted octanol–water partition coefficient (Wildman–Crippen LogP) is 2.32. The molecule has 0 bridgehead atoms. The molecule has 0 aromatic heterocycles. The molecule has 1 fully saturated rings. The second-order valence-electron chi connectivity index (χ2n) is 6.15. The van der Waals surface area contributed by atoms with E-state index in [1.54, 1.807) is 30.3 Å². The lowest BCUT2D eigenvalue weighted by atomic mass is 9.73. The maximum absolute atomic E-state index is 14.3. The first kappa shape index (κ1) is 18.1. The van der Waals surface area contributed by atoms with E-state index < -0.39 is 18.0 Å². The van der Waals surface area contributed by atoms with E-state index in [4.69, 9.17) is 4.74 Å². The summed E-state index contributed by atoms with van der Waals surface area (Å²) >= 11 is 0. The van der Waals surface area contributed by atoms with Gasteiger partial charge in [-0.05, 0) is 17.2 Å². The molecule has 1 amide bonds. The lowest BCUT2D eigenvalue weighted by Gasteiger charge is -2.52. The van der Waals surface area contributed by atoms with Crippen LogP contribution in [0.1, 0.15) is 11.5 Å². The number of carbonyl (C=O) groups is 1. The van der Waals surface area contributed by atoms with Crippen molar-refractivity contribution in [1.82, 2.24) is 4.90 Å². The third-order valence-electron chi connectivity index (χ3n) is 4.77. The second-order valence-corrected chi connectivity index (χ2v) is 6.15. The standard InChI is InChI=1S/C20H19FN2O3/c1-26-12-19(25)23-17(10-22)20(18(23)11-24)15-8-3-2-6-13(15)14-7-4-5-9-16(14)21/h2-9,17-18,20,24H,11-12H2,1H3/t17-,18-,20+/m0/s1. The summed E-state index contributed by atoms with van der Waals surface area (Å²) in [5, 5.41) is 19.4. The highest BCUT2D eigenvalue weighted by atomic mass is 19.1. The Labute approximate surface area is 151 Å². The number of hydrogen-bond donors (Lipinski definition) is 1. The van der Waals surface area contributed by atoms with Gasteiger partial charge in [0, 0.05) is 18.6 Å². The highest BCUT2D eigenvalue weighted by Crippen LogP contribution is 2.44. The van der Waals surface area contributed by atoms with Crippen LogP contribution < -0.4 is 0 Å². The molecule has 0 radical (unpaired) electrons.